The van der Waals surface area contributed by atoms with Crippen LogP contribution in [0.2, 0.25) is 0 Å². The number of hydrogen-bond donors (Lipinski definition) is 1. The van der Waals surface area contributed by atoms with E-state index in [0.717, 1.165) is 25.7 Å². The molecule has 2 nitrogen and oxygen atoms in total. The molecule has 0 rings (SSSR count). The lowest BCUT2D eigenvalue weighted by Crippen LogP contribution is -1.93. The quantitative estimate of drug-likeness (QED) is 0.469. The van der Waals surface area contributed by atoms with Gasteiger partial charge in [-0.1, -0.05) is 31.2 Å². The highest BCUT2D eigenvalue weighted by molar-refractivity contribution is 5.66. The Morgan fingerprint density at radius 2 is 2.08 bits per heavy atom. The number of allylic oxidation sites excluding steroid dienone is 3. The van der Waals surface area contributed by atoms with Gasteiger partial charge in [0.1, 0.15) is 0 Å². The molecule has 0 spiro atoms. The molecule has 0 unspecified atom stereocenters. The maximum atomic E-state index is 10.1. The van der Waals surface area contributed by atoms with Crippen LogP contribution in [-0.2, 0) is 4.79 Å². The summed E-state index contributed by atoms with van der Waals surface area (Å²) in [5.74, 6) is -0.698. The topological polar surface area (TPSA) is 37.3 Å². The second kappa shape index (κ2) is 8.05. The van der Waals surface area contributed by atoms with E-state index in [-0.39, 0.29) is 0 Å². The number of carboxylic acid groups (broad SMARTS) is 1. The summed E-state index contributed by atoms with van der Waals surface area (Å²) in [4.78, 5) is 10.1. The van der Waals surface area contributed by atoms with Gasteiger partial charge < -0.3 is 5.11 Å². The molecule has 0 aliphatic rings. The Balaban J connectivity index is 3.05. The molecule has 0 saturated heterocycles. The summed E-state index contributed by atoms with van der Waals surface area (Å²) in [5, 5.41) is 8.33. The molecule has 0 atom stereocenters. The lowest BCUT2D eigenvalue weighted by molar-refractivity contribution is -0.137. The predicted molar refractivity (Wildman–Crippen MR) is 50.1 cm³/mol. The fraction of sp³-hybridized carbons (Fsp3) is 0.500. The smallest absolute Gasteiger partial charge is 0.303 e. The van der Waals surface area contributed by atoms with Crippen molar-refractivity contribution < 1.29 is 9.90 Å². The fourth-order valence-electron chi connectivity index (χ4n) is 0.908. The van der Waals surface area contributed by atoms with Gasteiger partial charge in [-0.2, -0.15) is 0 Å². The second-order valence-corrected chi connectivity index (χ2v) is 2.66. The Kier molecular flexibility index (Phi) is 7.35. The van der Waals surface area contributed by atoms with Gasteiger partial charge in [-0.25, -0.2) is 0 Å². The van der Waals surface area contributed by atoms with Crippen LogP contribution in [0, 0.1) is 0 Å². The summed E-state index contributed by atoms with van der Waals surface area (Å²) in [5.41, 5.74) is 0. The number of aliphatic carboxylic acids is 1. The van der Waals surface area contributed by atoms with Gasteiger partial charge >= 0.3 is 5.97 Å². The van der Waals surface area contributed by atoms with Crippen LogP contribution < -0.4 is 0 Å². The van der Waals surface area contributed by atoms with Crippen molar-refractivity contribution in [3.8, 4) is 0 Å². The largest absolute Gasteiger partial charge is 0.481 e. The van der Waals surface area contributed by atoms with Gasteiger partial charge in [-0.15, -0.1) is 0 Å². The molecule has 0 fully saturated rings. The Labute approximate surface area is 73.6 Å². The molecule has 0 aliphatic heterocycles. The summed E-state index contributed by atoms with van der Waals surface area (Å²) in [6.45, 7) is 3.55. The number of carbonyl (C=O) groups is 1. The van der Waals surface area contributed by atoms with E-state index in [1.165, 1.54) is 0 Å². The summed E-state index contributed by atoms with van der Waals surface area (Å²) >= 11 is 0. The zero-order valence-corrected chi connectivity index (χ0v) is 7.33. The summed E-state index contributed by atoms with van der Waals surface area (Å²) < 4.78 is 0. The third-order valence-corrected chi connectivity index (χ3v) is 1.53. The lowest BCUT2D eigenvalue weighted by atomic mass is 10.1. The van der Waals surface area contributed by atoms with Crippen LogP contribution in [0.25, 0.3) is 0 Å². The first-order valence-corrected chi connectivity index (χ1v) is 4.26. The molecular formula is C10H16O2. The fourth-order valence-corrected chi connectivity index (χ4v) is 0.908. The lowest BCUT2D eigenvalue weighted by Gasteiger charge is -1.94. The molecule has 1 N–H and O–H groups in total. The van der Waals surface area contributed by atoms with Crippen LogP contribution >= 0.6 is 0 Å². The van der Waals surface area contributed by atoms with Gasteiger partial charge in [-0.05, 0) is 19.3 Å². The monoisotopic (exact) mass is 168 g/mol. The molecule has 0 amide bonds. The minimum Gasteiger partial charge on any atom is -0.481 e. The van der Waals surface area contributed by atoms with Gasteiger partial charge in [0, 0.05) is 6.42 Å². The van der Waals surface area contributed by atoms with Crippen molar-refractivity contribution >= 4 is 5.97 Å². The van der Waals surface area contributed by atoms with Crippen LogP contribution in [0.15, 0.2) is 24.8 Å². The van der Waals surface area contributed by atoms with Crippen molar-refractivity contribution in [2.75, 3.05) is 0 Å². The molecule has 0 saturated carbocycles. The average molecular weight is 168 g/mol. The van der Waals surface area contributed by atoms with Crippen molar-refractivity contribution in [2.24, 2.45) is 0 Å². The van der Waals surface area contributed by atoms with Gasteiger partial charge in [0.2, 0.25) is 0 Å². The van der Waals surface area contributed by atoms with Crippen LogP contribution in [0.5, 0.6) is 0 Å². The standard InChI is InChI=1S/C10H16O2/c1-2-3-4-5-6-7-8-9-10(11)12/h2-4H,1,5-9H2,(H,11,12). The number of rotatable bonds is 7. The average Bonchev–Trinajstić information content (AvgIpc) is 2.02. The third kappa shape index (κ3) is 8.95. The van der Waals surface area contributed by atoms with Gasteiger partial charge in [-0.3, -0.25) is 4.79 Å². The molecule has 0 bridgehead atoms. The Hall–Kier alpha value is -1.05. The first-order valence-electron chi connectivity index (χ1n) is 4.26. The molecular weight excluding hydrogens is 152 g/mol. The molecule has 0 heterocycles. The Morgan fingerprint density at radius 3 is 2.67 bits per heavy atom. The van der Waals surface area contributed by atoms with Crippen LogP contribution in [0.3, 0.4) is 0 Å². The van der Waals surface area contributed by atoms with E-state index < -0.39 is 5.97 Å². The van der Waals surface area contributed by atoms with Crippen LogP contribution in [0.4, 0.5) is 0 Å². The van der Waals surface area contributed by atoms with E-state index in [1.807, 2.05) is 12.2 Å². The molecule has 2 heteroatoms. The predicted octanol–water partition coefficient (Wildman–Crippen LogP) is 2.76. The summed E-state index contributed by atoms with van der Waals surface area (Å²) in [7, 11) is 0. The van der Waals surface area contributed by atoms with E-state index in [2.05, 4.69) is 6.58 Å². The molecule has 0 aromatic rings. The van der Waals surface area contributed by atoms with E-state index >= 15 is 0 Å². The Bertz CT molecular complexity index is 159. The zero-order chi connectivity index (χ0) is 9.23. The van der Waals surface area contributed by atoms with E-state index in [1.54, 1.807) is 6.08 Å². The normalized spacial score (nSPS) is 10.3. The zero-order valence-electron chi connectivity index (χ0n) is 7.33. The Morgan fingerprint density at radius 1 is 1.33 bits per heavy atom. The SMILES string of the molecule is C=CC=CCCCCCC(=O)O. The van der Waals surface area contributed by atoms with E-state index in [4.69, 9.17) is 5.11 Å². The van der Waals surface area contributed by atoms with Crippen molar-refractivity contribution in [2.45, 2.75) is 32.1 Å². The highest BCUT2D eigenvalue weighted by Gasteiger charge is 1.94. The number of carboxylic acids is 1. The van der Waals surface area contributed by atoms with E-state index in [9.17, 15) is 4.79 Å². The molecule has 68 valence electrons. The minimum absolute atomic E-state index is 0.297. The highest BCUT2D eigenvalue weighted by atomic mass is 16.4. The van der Waals surface area contributed by atoms with Crippen LogP contribution in [-0.4, -0.2) is 11.1 Å². The summed E-state index contributed by atoms with van der Waals surface area (Å²) in [6.07, 6.45) is 9.88. The maximum absolute atomic E-state index is 10.1. The molecule has 0 radical (unpaired) electrons. The highest BCUT2D eigenvalue weighted by Crippen LogP contribution is 2.03. The number of unbranched alkanes of at least 4 members (excludes halogenated alkanes) is 3. The van der Waals surface area contributed by atoms with Crippen molar-refractivity contribution in [3.05, 3.63) is 24.8 Å². The molecule has 0 aromatic carbocycles. The minimum atomic E-state index is -0.698. The maximum Gasteiger partial charge on any atom is 0.303 e. The summed E-state index contributed by atoms with van der Waals surface area (Å²) in [6, 6.07) is 0. The van der Waals surface area contributed by atoms with E-state index in [0.29, 0.717) is 6.42 Å². The second-order valence-electron chi connectivity index (χ2n) is 2.66. The van der Waals surface area contributed by atoms with Crippen molar-refractivity contribution in [3.63, 3.8) is 0 Å². The van der Waals surface area contributed by atoms with Gasteiger partial charge in [0.05, 0.1) is 0 Å². The first-order chi connectivity index (χ1) is 5.77. The van der Waals surface area contributed by atoms with Crippen LogP contribution in [0.1, 0.15) is 32.1 Å². The molecule has 0 aromatic heterocycles. The third-order valence-electron chi connectivity index (χ3n) is 1.53. The van der Waals surface area contributed by atoms with Gasteiger partial charge in [0.15, 0.2) is 0 Å². The van der Waals surface area contributed by atoms with Gasteiger partial charge in [0.25, 0.3) is 0 Å². The van der Waals surface area contributed by atoms with Crippen molar-refractivity contribution in [1.29, 1.82) is 0 Å². The first kappa shape index (κ1) is 11.0. The van der Waals surface area contributed by atoms with Crippen molar-refractivity contribution in [1.82, 2.24) is 0 Å². The molecule has 0 aliphatic carbocycles. The number of hydrogen-bond acceptors (Lipinski definition) is 1. The molecule has 12 heavy (non-hydrogen) atoms.